The molecule has 35 heavy (non-hydrogen) atoms. The van der Waals surface area contributed by atoms with Crippen molar-refractivity contribution in [1.82, 2.24) is 9.55 Å². The van der Waals surface area contributed by atoms with Crippen LogP contribution in [0.5, 0.6) is 11.5 Å². The molecule has 4 rings (SSSR count). The molecule has 2 aliphatic heterocycles. The number of aromatic nitrogens is 2. The Kier molecular flexibility index (Phi) is 6.41. The maximum Gasteiger partial charge on any atom is 0.529 e. The molecule has 0 spiro atoms. The van der Waals surface area contributed by atoms with Crippen LogP contribution in [0.15, 0.2) is 29.2 Å². The maximum atomic E-state index is 16.4. The Morgan fingerprint density at radius 1 is 1.37 bits per heavy atom. The number of H-pyrrole nitrogens is 1. The normalized spacial score (nSPS) is 32.6. The number of ether oxygens (including phenoxy) is 2. The summed E-state index contributed by atoms with van der Waals surface area (Å²) in [5.41, 5.74) is -1.91. The Morgan fingerprint density at radius 2 is 2.06 bits per heavy atom. The van der Waals surface area contributed by atoms with E-state index in [-0.39, 0.29) is 22.7 Å². The van der Waals surface area contributed by atoms with E-state index in [9.17, 15) is 19.6 Å². The molecule has 11 nitrogen and oxygen atoms in total. The summed E-state index contributed by atoms with van der Waals surface area (Å²) in [6, 6.07) is 4.93. The SMILES string of the molecule is BC(B)(OP1(=O)OCc2cccc(OC)c2O1)[C@@]1(F)O[C@@](B)(n2cc(C)c(=S)[nH]c2=O)[C@H](O)[C@@H]1O. The molecule has 1 fully saturated rings. The van der Waals surface area contributed by atoms with Gasteiger partial charge in [0.05, 0.1) is 19.1 Å². The molecule has 17 heteroatoms. The number of rotatable bonds is 5. The number of aliphatic hydroxyl groups is 2. The van der Waals surface area contributed by atoms with Crippen molar-refractivity contribution in [2.45, 2.75) is 42.6 Å². The van der Waals surface area contributed by atoms with E-state index in [0.29, 0.717) is 11.1 Å². The van der Waals surface area contributed by atoms with Gasteiger partial charge < -0.3 is 24.2 Å². The lowest BCUT2D eigenvalue weighted by Gasteiger charge is -2.41. The lowest BCUT2D eigenvalue weighted by atomic mass is 9.59. The largest absolute Gasteiger partial charge is 0.529 e. The van der Waals surface area contributed by atoms with Crippen molar-refractivity contribution >= 4 is 43.6 Å². The summed E-state index contributed by atoms with van der Waals surface area (Å²) in [7, 11) is 0.430. The van der Waals surface area contributed by atoms with Crippen LogP contribution in [0.4, 0.5) is 4.39 Å². The van der Waals surface area contributed by atoms with E-state index < -0.39 is 42.6 Å². The smallest absolute Gasteiger partial charge is 0.493 e. The first kappa shape index (κ1) is 26.1. The summed E-state index contributed by atoms with van der Waals surface area (Å²) < 4.78 is 57.9. The molecule has 186 valence electrons. The van der Waals surface area contributed by atoms with Gasteiger partial charge in [-0.3, -0.25) is 18.6 Å². The number of nitrogens with one attached hydrogen (secondary N) is 1. The van der Waals surface area contributed by atoms with Crippen molar-refractivity contribution in [3.8, 4) is 11.5 Å². The van der Waals surface area contributed by atoms with Gasteiger partial charge in [-0.15, -0.1) is 0 Å². The zero-order valence-electron chi connectivity index (χ0n) is 19.6. The van der Waals surface area contributed by atoms with Crippen molar-refractivity contribution in [3.63, 3.8) is 0 Å². The van der Waals surface area contributed by atoms with Crippen molar-refractivity contribution in [2.24, 2.45) is 0 Å². The van der Waals surface area contributed by atoms with Crippen LogP contribution >= 0.6 is 20.0 Å². The van der Waals surface area contributed by atoms with Gasteiger partial charge in [0.2, 0.25) is 0 Å². The highest BCUT2D eigenvalue weighted by Crippen LogP contribution is 2.60. The molecule has 0 bridgehead atoms. The molecular formula is C18H23B3FN2O9PS. The first-order valence-electron chi connectivity index (χ1n) is 10.6. The van der Waals surface area contributed by atoms with Crippen molar-refractivity contribution in [1.29, 1.82) is 0 Å². The van der Waals surface area contributed by atoms with Gasteiger partial charge in [-0.1, -0.05) is 24.4 Å². The molecule has 2 aliphatic rings. The number of aryl methyl sites for hydroxylation is 1. The second-order valence-electron chi connectivity index (χ2n) is 8.99. The summed E-state index contributed by atoms with van der Waals surface area (Å²) in [6.07, 6.45) is -2.89. The number of hydrogen-bond acceptors (Lipinski definition) is 10. The van der Waals surface area contributed by atoms with E-state index in [0.717, 1.165) is 20.3 Å². The summed E-state index contributed by atoms with van der Waals surface area (Å²) >= 11 is 5.03. The van der Waals surface area contributed by atoms with Gasteiger partial charge in [0.1, 0.15) is 38.2 Å². The van der Waals surface area contributed by atoms with Crippen LogP contribution in [-0.2, 0) is 30.6 Å². The Bertz CT molecular complexity index is 1330. The first-order chi connectivity index (χ1) is 16.2. The zero-order valence-corrected chi connectivity index (χ0v) is 21.3. The number of halogens is 1. The van der Waals surface area contributed by atoms with Gasteiger partial charge in [-0.2, -0.15) is 0 Å². The molecule has 2 aromatic rings. The molecule has 0 aliphatic carbocycles. The van der Waals surface area contributed by atoms with E-state index in [1.807, 2.05) is 0 Å². The molecule has 1 aromatic heterocycles. The third kappa shape index (κ3) is 4.10. The van der Waals surface area contributed by atoms with Gasteiger partial charge in [0, 0.05) is 17.3 Å². The standard InChI is InChI=1S/C18H23B3FN2O9PS/c1-8-6-24(15(27)23-14(8)35)17(19)13(26)12(25)16(22,32-17)18(20,21)33-34(28)30-7-9-4-3-5-10(29-2)11(9)31-34/h3-6,12-13,25-26H,7,19-21H2,1-2H3,(H,23,27,35)/t12-,13+,16-,17-,34?/m0/s1. The number of aliphatic hydroxyl groups excluding tert-OH is 2. The number of para-hydroxylation sites is 1. The summed E-state index contributed by atoms with van der Waals surface area (Å²) in [5, 5.41) is 19.3. The highest BCUT2D eigenvalue weighted by Gasteiger charge is 2.69. The summed E-state index contributed by atoms with van der Waals surface area (Å²) in [6.45, 7) is 1.42. The third-order valence-corrected chi connectivity index (χ3v) is 8.16. The van der Waals surface area contributed by atoms with E-state index in [2.05, 4.69) is 4.98 Å². The second-order valence-corrected chi connectivity index (χ2v) is 10.9. The molecule has 1 aromatic carbocycles. The molecule has 0 radical (unpaired) electrons. The minimum atomic E-state index is -4.47. The Labute approximate surface area is 207 Å². The number of fused-ring (bicyclic) bond motifs is 1. The number of benzene rings is 1. The molecule has 5 atom stereocenters. The highest BCUT2D eigenvalue weighted by molar-refractivity contribution is 7.71. The lowest BCUT2D eigenvalue weighted by molar-refractivity contribution is -0.240. The van der Waals surface area contributed by atoms with Crippen molar-refractivity contribution in [3.05, 3.63) is 50.6 Å². The monoisotopic (exact) mass is 526 g/mol. The molecule has 0 amide bonds. The molecule has 1 unspecified atom stereocenters. The van der Waals surface area contributed by atoms with Crippen molar-refractivity contribution < 1.29 is 42.2 Å². The summed E-state index contributed by atoms with van der Waals surface area (Å²) in [4.78, 5) is 15.0. The topological polar surface area (TPSA) is 141 Å². The number of methoxy groups -OCH3 is 1. The van der Waals surface area contributed by atoms with Crippen LogP contribution in [0.2, 0.25) is 0 Å². The van der Waals surface area contributed by atoms with E-state index in [1.54, 1.807) is 25.1 Å². The van der Waals surface area contributed by atoms with Gasteiger partial charge in [-0.05, 0) is 13.0 Å². The number of hydrogen-bond donors (Lipinski definition) is 3. The lowest BCUT2D eigenvalue weighted by Crippen LogP contribution is -2.60. The minimum Gasteiger partial charge on any atom is -0.493 e. The van der Waals surface area contributed by atoms with Gasteiger partial charge in [0.25, 0.3) is 5.85 Å². The summed E-state index contributed by atoms with van der Waals surface area (Å²) in [5.74, 6) is -2.81. The van der Waals surface area contributed by atoms with Crippen LogP contribution in [0.1, 0.15) is 11.1 Å². The fraction of sp³-hybridized carbons (Fsp3) is 0.444. The van der Waals surface area contributed by atoms with Crippen LogP contribution in [0.3, 0.4) is 0 Å². The van der Waals surface area contributed by atoms with E-state index in [4.69, 9.17) is 35.3 Å². The predicted molar refractivity (Wildman–Crippen MR) is 131 cm³/mol. The van der Waals surface area contributed by atoms with Gasteiger partial charge in [0.15, 0.2) is 19.3 Å². The fourth-order valence-corrected chi connectivity index (χ4v) is 5.79. The van der Waals surface area contributed by atoms with Crippen molar-refractivity contribution in [2.75, 3.05) is 7.11 Å². The Morgan fingerprint density at radius 3 is 2.71 bits per heavy atom. The first-order valence-corrected chi connectivity index (χ1v) is 12.4. The Balaban J connectivity index is 1.69. The number of phosphoric ester groups is 1. The highest BCUT2D eigenvalue weighted by atomic mass is 32.1. The van der Waals surface area contributed by atoms with Crippen LogP contribution in [0, 0.1) is 11.6 Å². The number of aromatic amines is 1. The Hall–Kier alpha value is -1.93. The molecule has 0 saturated carbocycles. The molecular weight excluding hydrogens is 503 g/mol. The predicted octanol–water partition coefficient (Wildman–Crippen LogP) is -1.46. The second kappa shape index (κ2) is 8.58. The molecule has 3 heterocycles. The van der Waals surface area contributed by atoms with Gasteiger partial charge in [-0.25, -0.2) is 13.8 Å². The number of nitrogens with zero attached hydrogens (tertiary/aromatic N) is 1. The molecule has 3 N–H and O–H groups in total. The minimum absolute atomic E-state index is 0.104. The average Bonchev–Trinajstić information content (AvgIpc) is 2.97. The number of alkyl halides is 1. The maximum absolute atomic E-state index is 16.4. The van der Waals surface area contributed by atoms with Gasteiger partial charge >= 0.3 is 13.5 Å². The van der Waals surface area contributed by atoms with Crippen LogP contribution < -0.4 is 15.0 Å². The quantitative estimate of drug-likeness (QED) is 0.241. The van der Waals surface area contributed by atoms with Crippen LogP contribution in [-0.4, -0.2) is 73.9 Å². The van der Waals surface area contributed by atoms with Crippen LogP contribution in [0.25, 0.3) is 0 Å². The average molecular weight is 526 g/mol. The molecule has 1 saturated heterocycles. The fourth-order valence-electron chi connectivity index (χ4n) is 4.10. The third-order valence-electron chi connectivity index (χ3n) is 6.20. The zero-order chi connectivity index (χ0) is 26.0. The van der Waals surface area contributed by atoms with E-state index >= 15 is 4.39 Å². The number of phosphoric acid groups is 1. The van der Waals surface area contributed by atoms with E-state index in [1.165, 1.54) is 21.2 Å².